The number of morpholine rings is 1. The Balaban J connectivity index is 2.00. The molecule has 2 unspecified atom stereocenters. The van der Waals surface area contributed by atoms with Crippen molar-refractivity contribution in [1.29, 1.82) is 0 Å². The lowest BCUT2D eigenvalue weighted by molar-refractivity contribution is -0.0526. The lowest BCUT2D eigenvalue weighted by Gasteiger charge is -2.36. The summed E-state index contributed by atoms with van der Waals surface area (Å²) in [6, 6.07) is 8.62. The Hall–Kier alpha value is -1.06. The highest BCUT2D eigenvalue weighted by Crippen LogP contribution is 2.16. The standard InChI is InChI=1S/C13H20N2O/c1-10-9-16-11(2)7-15(10)8-12-3-5-13(14)6-4-12/h3-6,10-11H,7-9,14H2,1-2H3. The van der Waals surface area contributed by atoms with E-state index in [4.69, 9.17) is 10.5 Å². The van der Waals surface area contributed by atoms with Crippen molar-refractivity contribution < 1.29 is 4.74 Å². The number of hydrogen-bond donors (Lipinski definition) is 1. The topological polar surface area (TPSA) is 38.5 Å². The van der Waals surface area contributed by atoms with Gasteiger partial charge in [-0.3, -0.25) is 4.90 Å². The smallest absolute Gasteiger partial charge is 0.0674 e. The van der Waals surface area contributed by atoms with Gasteiger partial charge < -0.3 is 10.5 Å². The Morgan fingerprint density at radius 2 is 2.00 bits per heavy atom. The van der Waals surface area contributed by atoms with Gasteiger partial charge in [0.15, 0.2) is 0 Å². The van der Waals surface area contributed by atoms with E-state index in [2.05, 4.69) is 30.9 Å². The summed E-state index contributed by atoms with van der Waals surface area (Å²) in [6.45, 7) is 7.15. The molecule has 1 fully saturated rings. The molecule has 1 aromatic carbocycles. The van der Waals surface area contributed by atoms with Crippen LogP contribution in [0.15, 0.2) is 24.3 Å². The van der Waals surface area contributed by atoms with E-state index < -0.39 is 0 Å². The van der Waals surface area contributed by atoms with Gasteiger partial charge >= 0.3 is 0 Å². The first-order chi connectivity index (χ1) is 7.65. The summed E-state index contributed by atoms with van der Waals surface area (Å²) in [5.74, 6) is 0. The van der Waals surface area contributed by atoms with Gasteiger partial charge in [0.1, 0.15) is 0 Å². The molecule has 1 aliphatic heterocycles. The summed E-state index contributed by atoms with van der Waals surface area (Å²) in [6.07, 6.45) is 0.338. The molecule has 0 amide bonds. The van der Waals surface area contributed by atoms with E-state index in [0.717, 1.165) is 25.4 Å². The summed E-state index contributed by atoms with van der Waals surface area (Å²) >= 11 is 0. The molecule has 0 aliphatic carbocycles. The van der Waals surface area contributed by atoms with Crippen LogP contribution in [-0.4, -0.2) is 30.2 Å². The molecule has 0 aromatic heterocycles. The molecule has 0 radical (unpaired) electrons. The third kappa shape index (κ3) is 2.74. The van der Waals surface area contributed by atoms with Gasteiger partial charge in [0, 0.05) is 24.8 Å². The van der Waals surface area contributed by atoms with Gasteiger partial charge in [0.2, 0.25) is 0 Å². The van der Waals surface area contributed by atoms with E-state index in [-0.39, 0.29) is 0 Å². The second kappa shape index (κ2) is 4.85. The molecule has 1 aromatic rings. The Kier molecular flexibility index (Phi) is 3.46. The molecule has 3 heteroatoms. The van der Waals surface area contributed by atoms with E-state index in [1.54, 1.807) is 0 Å². The third-order valence-electron chi connectivity index (χ3n) is 3.10. The molecule has 1 saturated heterocycles. The van der Waals surface area contributed by atoms with E-state index in [0.29, 0.717) is 12.1 Å². The van der Waals surface area contributed by atoms with Gasteiger partial charge in [0.05, 0.1) is 12.7 Å². The highest BCUT2D eigenvalue weighted by molar-refractivity contribution is 5.39. The monoisotopic (exact) mass is 220 g/mol. The lowest BCUT2D eigenvalue weighted by Crippen LogP contribution is -2.46. The fourth-order valence-corrected chi connectivity index (χ4v) is 2.05. The van der Waals surface area contributed by atoms with Crippen LogP contribution in [0.5, 0.6) is 0 Å². The van der Waals surface area contributed by atoms with Crippen LogP contribution < -0.4 is 5.73 Å². The summed E-state index contributed by atoms with van der Waals surface area (Å²) in [4.78, 5) is 2.46. The maximum absolute atomic E-state index is 5.68. The highest BCUT2D eigenvalue weighted by atomic mass is 16.5. The maximum Gasteiger partial charge on any atom is 0.0674 e. The predicted molar refractivity (Wildman–Crippen MR) is 66.1 cm³/mol. The molecule has 2 N–H and O–H groups in total. The minimum Gasteiger partial charge on any atom is -0.399 e. The first-order valence-electron chi connectivity index (χ1n) is 5.85. The number of nitrogens with two attached hydrogens (primary N) is 1. The fourth-order valence-electron chi connectivity index (χ4n) is 2.05. The zero-order chi connectivity index (χ0) is 11.5. The molecule has 0 saturated carbocycles. The van der Waals surface area contributed by atoms with Gasteiger partial charge in [-0.05, 0) is 31.5 Å². The number of benzene rings is 1. The van der Waals surface area contributed by atoms with E-state index in [1.165, 1.54) is 5.56 Å². The SMILES string of the molecule is CC1CN(Cc2ccc(N)cc2)C(C)CO1. The van der Waals surface area contributed by atoms with Crippen molar-refractivity contribution in [3.8, 4) is 0 Å². The third-order valence-corrected chi connectivity index (χ3v) is 3.10. The van der Waals surface area contributed by atoms with Gasteiger partial charge in [-0.2, -0.15) is 0 Å². The zero-order valence-corrected chi connectivity index (χ0v) is 10.0. The van der Waals surface area contributed by atoms with Crippen molar-refractivity contribution in [3.05, 3.63) is 29.8 Å². The quantitative estimate of drug-likeness (QED) is 0.773. The van der Waals surface area contributed by atoms with Crippen LogP contribution in [0.2, 0.25) is 0 Å². The molecule has 0 bridgehead atoms. The molecule has 88 valence electrons. The van der Waals surface area contributed by atoms with Crippen LogP contribution >= 0.6 is 0 Å². The Labute approximate surface area is 97.2 Å². The van der Waals surface area contributed by atoms with Crippen LogP contribution in [0, 0.1) is 0 Å². The molecule has 16 heavy (non-hydrogen) atoms. The Bertz CT molecular complexity index is 336. The average molecular weight is 220 g/mol. The predicted octanol–water partition coefficient (Wildman–Crippen LogP) is 1.88. The molecule has 2 rings (SSSR count). The second-order valence-electron chi connectivity index (χ2n) is 4.66. The molecule has 1 aliphatic rings. The van der Waals surface area contributed by atoms with E-state index in [9.17, 15) is 0 Å². The molecular formula is C13H20N2O. The van der Waals surface area contributed by atoms with E-state index in [1.807, 2.05) is 12.1 Å². The van der Waals surface area contributed by atoms with Crippen molar-refractivity contribution in [1.82, 2.24) is 4.90 Å². The minimum absolute atomic E-state index is 0.338. The number of ether oxygens (including phenoxy) is 1. The highest BCUT2D eigenvalue weighted by Gasteiger charge is 2.22. The Morgan fingerprint density at radius 3 is 2.69 bits per heavy atom. The number of nitrogen functional groups attached to an aromatic ring is 1. The normalized spacial score (nSPS) is 26.9. The van der Waals surface area contributed by atoms with Gasteiger partial charge in [-0.1, -0.05) is 12.1 Å². The summed E-state index contributed by atoms with van der Waals surface area (Å²) in [5, 5.41) is 0. The Morgan fingerprint density at radius 1 is 1.31 bits per heavy atom. The van der Waals surface area contributed by atoms with Crippen LogP contribution in [0.4, 0.5) is 5.69 Å². The maximum atomic E-state index is 5.68. The van der Waals surface area contributed by atoms with Gasteiger partial charge in [0.25, 0.3) is 0 Å². The lowest BCUT2D eigenvalue weighted by atomic mass is 10.1. The van der Waals surface area contributed by atoms with Crippen LogP contribution in [0.25, 0.3) is 0 Å². The van der Waals surface area contributed by atoms with Crippen molar-refractivity contribution in [2.75, 3.05) is 18.9 Å². The largest absolute Gasteiger partial charge is 0.399 e. The second-order valence-corrected chi connectivity index (χ2v) is 4.66. The van der Waals surface area contributed by atoms with E-state index >= 15 is 0 Å². The van der Waals surface area contributed by atoms with Crippen molar-refractivity contribution in [2.45, 2.75) is 32.5 Å². The zero-order valence-electron chi connectivity index (χ0n) is 10.0. The van der Waals surface area contributed by atoms with Crippen LogP contribution in [-0.2, 0) is 11.3 Å². The van der Waals surface area contributed by atoms with Crippen molar-refractivity contribution in [2.24, 2.45) is 0 Å². The molecule has 3 nitrogen and oxygen atoms in total. The number of anilines is 1. The number of hydrogen-bond acceptors (Lipinski definition) is 3. The first-order valence-corrected chi connectivity index (χ1v) is 5.85. The average Bonchev–Trinajstić information content (AvgIpc) is 2.27. The van der Waals surface area contributed by atoms with Crippen molar-refractivity contribution in [3.63, 3.8) is 0 Å². The molecule has 0 spiro atoms. The van der Waals surface area contributed by atoms with Crippen LogP contribution in [0.1, 0.15) is 19.4 Å². The molecular weight excluding hydrogens is 200 g/mol. The summed E-state index contributed by atoms with van der Waals surface area (Å²) in [7, 11) is 0. The summed E-state index contributed by atoms with van der Waals surface area (Å²) < 4.78 is 5.62. The summed E-state index contributed by atoms with van der Waals surface area (Å²) in [5.41, 5.74) is 7.82. The minimum atomic E-state index is 0.338. The van der Waals surface area contributed by atoms with Gasteiger partial charge in [-0.15, -0.1) is 0 Å². The molecule has 1 heterocycles. The fraction of sp³-hybridized carbons (Fsp3) is 0.538. The number of nitrogens with zero attached hydrogens (tertiary/aromatic N) is 1. The molecule has 2 atom stereocenters. The van der Waals surface area contributed by atoms with Gasteiger partial charge in [-0.25, -0.2) is 0 Å². The first kappa shape index (κ1) is 11.4. The van der Waals surface area contributed by atoms with Crippen molar-refractivity contribution >= 4 is 5.69 Å². The number of rotatable bonds is 2. The van der Waals surface area contributed by atoms with Crippen LogP contribution in [0.3, 0.4) is 0 Å².